The lowest BCUT2D eigenvalue weighted by Gasteiger charge is -2.62. The number of carbonyl (C=O) groups is 4. The van der Waals surface area contributed by atoms with Crippen LogP contribution in [0.2, 0.25) is 0 Å². The van der Waals surface area contributed by atoms with Crippen LogP contribution in [0.25, 0.3) is 0 Å². The second kappa shape index (κ2) is 14.0. The maximum Gasteiger partial charge on any atom is 0.306 e. The van der Waals surface area contributed by atoms with Gasteiger partial charge in [-0.3, -0.25) is 19.2 Å². The maximum atomic E-state index is 17.6. The molecule has 17 atom stereocenters. The largest absolute Gasteiger partial charge is 0.463 e. The summed E-state index contributed by atoms with van der Waals surface area (Å²) >= 11 is 0. The average molecular weight is 801 g/mol. The smallest absolute Gasteiger partial charge is 0.306 e. The van der Waals surface area contributed by atoms with E-state index in [-0.39, 0.29) is 60.8 Å². The van der Waals surface area contributed by atoms with Crippen LogP contribution in [0.15, 0.2) is 35.5 Å². The summed E-state index contributed by atoms with van der Waals surface area (Å²) in [6.45, 7) is 8.23. The summed E-state index contributed by atoms with van der Waals surface area (Å²) in [5.74, 6) is 3.21. The number of terminal acetylenes is 1. The average Bonchev–Trinajstić information content (AvgIpc) is 3.84. The number of aliphatic hydroxyl groups is 2. The van der Waals surface area contributed by atoms with Gasteiger partial charge in [-0.05, 0) is 131 Å². The number of aliphatic hydroxyl groups excluding tert-OH is 1. The topological polar surface area (TPSA) is 140 Å². The van der Waals surface area contributed by atoms with Crippen molar-refractivity contribution in [1.82, 2.24) is 0 Å². The summed E-state index contributed by atoms with van der Waals surface area (Å²) in [7, 11) is 0. The van der Waals surface area contributed by atoms with Crippen molar-refractivity contribution in [2.24, 2.45) is 63.6 Å². The molecule has 0 aromatic heterocycles. The SMILES string of the molecule is C#C[C@H]1CC2C3CCC4=CC(=O)C=C[C@]4(C)[C@@]3(F)[C@@H](O)C[C@]2(C)[C@@]1(O)C1OC1COC(=O)CCCC(=O)O[C@H]1CCC2C3CCC4=CC(=O)CCC4C3[C@@H](C)C[C@@]21C. The van der Waals surface area contributed by atoms with E-state index in [1.807, 2.05) is 13.0 Å². The number of halogens is 1. The molecular weight excluding hydrogens is 740 g/mol. The number of ketones is 2. The fourth-order valence-electron chi connectivity index (χ4n) is 15.4. The number of alkyl halides is 1. The number of ether oxygens (including phenoxy) is 3. The van der Waals surface area contributed by atoms with Gasteiger partial charge in [0.15, 0.2) is 17.2 Å². The van der Waals surface area contributed by atoms with Crippen molar-refractivity contribution in [3.63, 3.8) is 0 Å². The molecule has 9 rings (SSSR count). The fourth-order valence-corrected chi connectivity index (χ4v) is 15.4. The van der Waals surface area contributed by atoms with Gasteiger partial charge in [0.25, 0.3) is 0 Å². The Morgan fingerprint density at radius 2 is 1.76 bits per heavy atom. The third-order valence-corrected chi connectivity index (χ3v) is 18.1. The lowest BCUT2D eigenvalue weighted by molar-refractivity contribution is -0.222. The highest BCUT2D eigenvalue weighted by atomic mass is 19.1. The van der Waals surface area contributed by atoms with Crippen LogP contribution < -0.4 is 0 Å². The molecule has 1 aliphatic heterocycles. The first-order chi connectivity index (χ1) is 27.5. The van der Waals surface area contributed by atoms with Crippen molar-refractivity contribution >= 4 is 23.5 Å². The number of hydrogen-bond acceptors (Lipinski definition) is 9. The summed E-state index contributed by atoms with van der Waals surface area (Å²) in [6.07, 6.45) is 18.0. The molecular formula is C48H61FO9. The van der Waals surface area contributed by atoms with Gasteiger partial charge in [-0.2, -0.15) is 0 Å². The lowest BCUT2D eigenvalue weighted by atomic mass is 9.44. The van der Waals surface area contributed by atoms with Gasteiger partial charge >= 0.3 is 11.9 Å². The van der Waals surface area contributed by atoms with Gasteiger partial charge in [0.05, 0.1) is 12.0 Å². The number of carbonyl (C=O) groups excluding carboxylic acids is 4. The first-order valence-corrected chi connectivity index (χ1v) is 22.2. The Hall–Kier alpha value is -3.13. The zero-order valence-corrected chi connectivity index (χ0v) is 34.6. The second-order valence-electron chi connectivity index (χ2n) is 20.6. The number of rotatable bonds is 8. The minimum atomic E-state index is -2.04. The molecule has 314 valence electrons. The molecule has 8 aliphatic carbocycles. The Balaban J connectivity index is 0.771. The molecule has 7 fully saturated rings. The Bertz CT molecular complexity index is 1910. The van der Waals surface area contributed by atoms with Crippen LogP contribution in [-0.2, 0) is 33.4 Å². The molecule has 9 aliphatic rings. The Kier molecular flexibility index (Phi) is 9.69. The van der Waals surface area contributed by atoms with Crippen LogP contribution in [0, 0.1) is 75.9 Å². The molecule has 0 radical (unpaired) electrons. The van der Waals surface area contributed by atoms with Crippen molar-refractivity contribution in [2.75, 3.05) is 6.61 Å². The summed E-state index contributed by atoms with van der Waals surface area (Å²) in [6, 6.07) is 0. The highest BCUT2D eigenvalue weighted by molar-refractivity contribution is 6.01. The molecule has 10 heteroatoms. The van der Waals surface area contributed by atoms with Gasteiger partial charge < -0.3 is 24.4 Å². The molecule has 0 aromatic carbocycles. The van der Waals surface area contributed by atoms with Crippen LogP contribution in [0.3, 0.4) is 0 Å². The van der Waals surface area contributed by atoms with Gasteiger partial charge in [0.2, 0.25) is 0 Å². The summed E-state index contributed by atoms with van der Waals surface area (Å²) in [5.41, 5.74) is -3.75. The van der Waals surface area contributed by atoms with Crippen LogP contribution in [0.4, 0.5) is 4.39 Å². The van der Waals surface area contributed by atoms with Crippen molar-refractivity contribution in [3.05, 3.63) is 35.5 Å². The van der Waals surface area contributed by atoms with Crippen molar-refractivity contribution in [1.29, 1.82) is 0 Å². The summed E-state index contributed by atoms with van der Waals surface area (Å²) in [4.78, 5) is 50.4. The van der Waals surface area contributed by atoms with E-state index in [1.165, 1.54) is 17.7 Å². The van der Waals surface area contributed by atoms with E-state index in [0.29, 0.717) is 67.3 Å². The molecule has 8 unspecified atom stereocenters. The molecule has 1 saturated heterocycles. The predicted molar refractivity (Wildman–Crippen MR) is 211 cm³/mol. The van der Waals surface area contributed by atoms with Gasteiger partial charge in [-0.1, -0.05) is 38.0 Å². The van der Waals surface area contributed by atoms with Crippen LogP contribution in [0.1, 0.15) is 118 Å². The van der Waals surface area contributed by atoms with E-state index >= 15 is 4.39 Å². The van der Waals surface area contributed by atoms with Gasteiger partial charge in [0.1, 0.15) is 30.5 Å². The highest BCUT2D eigenvalue weighted by Crippen LogP contribution is 2.72. The summed E-state index contributed by atoms with van der Waals surface area (Å²) < 4.78 is 35.4. The quantitative estimate of drug-likeness (QED) is 0.156. The minimum Gasteiger partial charge on any atom is -0.463 e. The van der Waals surface area contributed by atoms with E-state index in [1.54, 1.807) is 13.0 Å². The van der Waals surface area contributed by atoms with E-state index in [0.717, 1.165) is 38.5 Å². The molecule has 9 nitrogen and oxygen atoms in total. The molecule has 0 spiro atoms. The van der Waals surface area contributed by atoms with E-state index in [2.05, 4.69) is 19.8 Å². The van der Waals surface area contributed by atoms with Crippen LogP contribution in [-0.4, -0.2) is 76.0 Å². The normalized spacial score (nSPS) is 49.8. The predicted octanol–water partition coefficient (Wildman–Crippen LogP) is 6.73. The van der Waals surface area contributed by atoms with Gasteiger partial charge in [-0.25, -0.2) is 4.39 Å². The van der Waals surface area contributed by atoms with E-state index in [4.69, 9.17) is 20.6 Å². The van der Waals surface area contributed by atoms with Crippen molar-refractivity contribution in [2.45, 2.75) is 153 Å². The van der Waals surface area contributed by atoms with E-state index < -0.39 is 58.2 Å². The Labute approximate surface area is 342 Å². The molecule has 1 heterocycles. The van der Waals surface area contributed by atoms with E-state index in [9.17, 15) is 29.4 Å². The minimum absolute atomic E-state index is 0.0324. The van der Waals surface area contributed by atoms with Crippen LogP contribution >= 0.6 is 0 Å². The zero-order chi connectivity index (χ0) is 41.2. The molecule has 0 amide bonds. The first kappa shape index (κ1) is 40.3. The molecule has 2 N–H and O–H groups in total. The van der Waals surface area contributed by atoms with Crippen molar-refractivity contribution in [3.8, 4) is 12.3 Å². The second-order valence-corrected chi connectivity index (χ2v) is 20.6. The molecule has 58 heavy (non-hydrogen) atoms. The Morgan fingerprint density at radius 1 is 0.983 bits per heavy atom. The first-order valence-electron chi connectivity index (χ1n) is 22.2. The van der Waals surface area contributed by atoms with Gasteiger partial charge in [-0.15, -0.1) is 12.3 Å². The number of allylic oxidation sites excluding steroid dienone is 5. The number of esters is 2. The van der Waals surface area contributed by atoms with Crippen molar-refractivity contribution < 1.29 is 48.0 Å². The lowest BCUT2D eigenvalue weighted by Crippen LogP contribution is -2.69. The fraction of sp³-hybridized carbons (Fsp3) is 0.750. The zero-order valence-electron chi connectivity index (χ0n) is 34.6. The summed E-state index contributed by atoms with van der Waals surface area (Å²) in [5, 5.41) is 24.3. The third-order valence-electron chi connectivity index (χ3n) is 18.1. The number of hydrogen-bond donors (Lipinski definition) is 2. The van der Waals surface area contributed by atoms with Crippen LogP contribution in [0.5, 0.6) is 0 Å². The monoisotopic (exact) mass is 800 g/mol. The molecule has 6 saturated carbocycles. The third kappa shape index (κ3) is 5.71. The number of fused-ring (bicyclic) bond motifs is 10. The molecule has 0 aromatic rings. The standard InChI is InChI=1S/C48H61FO9/c1-6-28-22-36-35-15-11-29-21-31(51)18-19-45(29,4)47(35,49)38(52)24-46(36,5)48(28,55)43-37(57-43)25-56-40(53)8-7-9-41(54)58-39-17-16-34-33-13-10-27-20-30(50)12-14-32(27)42(33)26(2)23-44(34,39)3/h1,18-21,26,28,32-39,42-43,52,55H,7-17,22-25H2,2-5H3/t26-,28-,32?,33?,34?,35?,36?,37?,38-,39-,42?,43?,44-,45-,46-,47-,48-/m0/s1. The highest BCUT2D eigenvalue weighted by Gasteiger charge is 2.78. The molecule has 0 bridgehead atoms. The number of epoxide rings is 1. The van der Waals surface area contributed by atoms with Gasteiger partial charge in [0, 0.05) is 41.4 Å². The maximum absolute atomic E-state index is 17.6. The Morgan fingerprint density at radius 3 is 2.53 bits per heavy atom.